The number of rotatable bonds is 11. The summed E-state index contributed by atoms with van der Waals surface area (Å²) in [5.41, 5.74) is 6.07. The summed E-state index contributed by atoms with van der Waals surface area (Å²) in [6, 6.07) is 19.9. The van der Waals surface area contributed by atoms with Gasteiger partial charge in [-0.1, -0.05) is 55.4 Å². The molecule has 3 saturated heterocycles. The molecule has 0 radical (unpaired) electrons. The molecule has 3 amide bonds. The van der Waals surface area contributed by atoms with Crippen LogP contribution in [0.3, 0.4) is 0 Å². The van der Waals surface area contributed by atoms with Crippen molar-refractivity contribution in [2.45, 2.75) is 77.0 Å². The highest BCUT2D eigenvalue weighted by Crippen LogP contribution is 2.39. The van der Waals surface area contributed by atoms with Gasteiger partial charge >= 0.3 is 0 Å². The van der Waals surface area contributed by atoms with Crippen LogP contribution < -0.4 is 10.2 Å². The Morgan fingerprint density at radius 3 is 2.42 bits per heavy atom. The molecule has 3 aliphatic heterocycles. The van der Waals surface area contributed by atoms with Gasteiger partial charge in [-0.15, -0.1) is 32.9 Å². The highest BCUT2D eigenvalue weighted by molar-refractivity contribution is 7.18. The van der Waals surface area contributed by atoms with Crippen LogP contribution in [-0.2, 0) is 14.4 Å². The number of likely N-dealkylation sites (tertiary alicyclic amines) is 2. The monoisotopic (exact) mass is 874 g/mol. The van der Waals surface area contributed by atoms with Crippen molar-refractivity contribution in [3.8, 4) is 27.4 Å². The zero-order chi connectivity index (χ0) is 43.2. The molecule has 3 N–H and O–H groups in total. The topological polar surface area (TPSA) is 178 Å². The smallest absolute Gasteiger partial charge is 0.243 e. The quantitative estimate of drug-likeness (QED) is 0.123. The molecular formula is C46H50N8O6S2. The average Bonchev–Trinajstić information content (AvgIpc) is 4.07. The zero-order valence-electron chi connectivity index (χ0n) is 35.1. The largest absolute Gasteiger partial charge is 0.507 e. The van der Waals surface area contributed by atoms with Crippen LogP contribution in [0, 0.1) is 18.8 Å². The summed E-state index contributed by atoms with van der Waals surface area (Å²) in [4.78, 5) is 54.7. The number of hydrogen-bond donors (Lipinski definition) is 3. The number of amides is 3. The predicted molar refractivity (Wildman–Crippen MR) is 238 cm³/mol. The van der Waals surface area contributed by atoms with E-state index in [4.69, 9.17) is 4.52 Å². The Morgan fingerprint density at radius 2 is 1.71 bits per heavy atom. The lowest BCUT2D eigenvalue weighted by molar-refractivity contribution is -0.141. The number of phenols is 1. The van der Waals surface area contributed by atoms with E-state index in [0.29, 0.717) is 61.9 Å². The molecule has 0 aliphatic carbocycles. The fraction of sp³-hybridized carbons (Fsp3) is 0.413. The highest BCUT2D eigenvalue weighted by Gasteiger charge is 2.44. The van der Waals surface area contributed by atoms with Crippen molar-refractivity contribution in [2.75, 3.05) is 37.6 Å². The SMILES string of the molecule is Cc1ncsc1-c1ccc([C@H](C)NC(=O)[C@@H]2C[C@@H](O)CN2C(=O)[C@@H](c2cc(N3CCC(C(=O)N4CC(c5cc6cc(-c7ccccc7O)nnc6s5)C4)CC3)no2)C(C)C)cc1. The maximum Gasteiger partial charge on any atom is 0.243 e. The lowest BCUT2D eigenvalue weighted by Crippen LogP contribution is -2.52. The van der Waals surface area contributed by atoms with Gasteiger partial charge < -0.3 is 34.8 Å². The standard InChI is InChI=1S/C46H50N8O6S2/c1-25(2)41(46(59)54-23-33(55)19-36(54)43(57)48-26(3)28-9-11-29(12-10-28)42-27(4)47-24-61-42)38-20-40(51-60-38)52-15-13-30(14-16-52)45(58)53-21-32(22-53)39-18-31-17-35(49-50-44(31)62-39)34-7-5-6-8-37(34)56/h5-12,17-18,20,24-26,30,32-33,36,41,55-56H,13-16,19,21-23H2,1-4H3,(H,48,57)/t26-,33+,36-,41+/m0/s1. The van der Waals surface area contributed by atoms with E-state index in [0.717, 1.165) is 31.9 Å². The van der Waals surface area contributed by atoms with Crippen molar-refractivity contribution in [2.24, 2.45) is 11.8 Å². The van der Waals surface area contributed by atoms with Crippen molar-refractivity contribution >= 4 is 56.4 Å². The van der Waals surface area contributed by atoms with E-state index in [1.807, 2.05) is 86.6 Å². The molecule has 9 rings (SSSR count). The lowest BCUT2D eigenvalue weighted by atomic mass is 9.90. The molecule has 4 atom stereocenters. The van der Waals surface area contributed by atoms with Crippen molar-refractivity contribution in [3.63, 3.8) is 0 Å². The number of carbonyl (C=O) groups is 3. The van der Waals surface area contributed by atoms with Crippen LogP contribution in [0.1, 0.15) is 79.8 Å². The molecule has 3 fully saturated rings. The number of hydrogen-bond acceptors (Lipinski definition) is 13. The summed E-state index contributed by atoms with van der Waals surface area (Å²) in [6.45, 7) is 10.4. The molecule has 0 bridgehead atoms. The second kappa shape index (κ2) is 17.2. The number of aromatic nitrogens is 4. The van der Waals surface area contributed by atoms with Gasteiger partial charge in [0.1, 0.15) is 22.5 Å². The van der Waals surface area contributed by atoms with Crippen LogP contribution in [0.15, 0.2) is 76.8 Å². The first-order valence-electron chi connectivity index (χ1n) is 21.3. The molecule has 2 aromatic carbocycles. The molecule has 7 heterocycles. The zero-order valence-corrected chi connectivity index (χ0v) is 36.7. The second-order valence-corrected chi connectivity index (χ2v) is 19.1. The first kappa shape index (κ1) is 41.6. The number of anilines is 1. The number of para-hydroxylation sites is 1. The third kappa shape index (κ3) is 8.18. The van der Waals surface area contributed by atoms with E-state index in [1.165, 1.54) is 9.78 Å². The van der Waals surface area contributed by atoms with Gasteiger partial charge in [-0.05, 0) is 68.0 Å². The number of nitrogens with one attached hydrogen (secondary N) is 1. The Kier molecular flexibility index (Phi) is 11.6. The van der Waals surface area contributed by atoms with Gasteiger partial charge in [0.25, 0.3) is 0 Å². The Bertz CT molecular complexity index is 2590. The summed E-state index contributed by atoms with van der Waals surface area (Å²) in [6.07, 6.45) is 0.681. The summed E-state index contributed by atoms with van der Waals surface area (Å²) in [7, 11) is 0. The number of aromatic hydroxyl groups is 1. The molecule has 0 saturated carbocycles. The van der Waals surface area contributed by atoms with Crippen LogP contribution in [-0.4, -0.2) is 103 Å². The van der Waals surface area contributed by atoms with Gasteiger partial charge in [0, 0.05) is 72.9 Å². The lowest BCUT2D eigenvalue weighted by Gasteiger charge is -2.42. The molecule has 14 nitrogen and oxygen atoms in total. The van der Waals surface area contributed by atoms with E-state index in [9.17, 15) is 24.6 Å². The Morgan fingerprint density at radius 1 is 0.952 bits per heavy atom. The normalized spacial score (nSPS) is 19.5. The molecule has 322 valence electrons. The van der Waals surface area contributed by atoms with Gasteiger partial charge in [0.05, 0.1) is 33.9 Å². The van der Waals surface area contributed by atoms with E-state index in [-0.39, 0.29) is 60.2 Å². The van der Waals surface area contributed by atoms with E-state index >= 15 is 0 Å². The molecule has 6 aromatic rings. The molecule has 0 unspecified atom stereocenters. The number of carbonyl (C=O) groups excluding carboxylic acids is 3. The van der Waals surface area contributed by atoms with E-state index in [1.54, 1.807) is 34.8 Å². The molecular weight excluding hydrogens is 825 g/mol. The number of nitrogens with zero attached hydrogens (tertiary/aromatic N) is 7. The van der Waals surface area contributed by atoms with Crippen molar-refractivity contribution in [1.82, 2.24) is 35.5 Å². The Balaban J connectivity index is 0.784. The van der Waals surface area contributed by atoms with Crippen LogP contribution >= 0.6 is 22.7 Å². The fourth-order valence-corrected chi connectivity index (χ4v) is 10.9. The molecule has 0 spiro atoms. The minimum Gasteiger partial charge on any atom is -0.507 e. The third-order valence-corrected chi connectivity index (χ3v) is 14.8. The number of thiazole rings is 1. The number of piperidine rings is 1. The van der Waals surface area contributed by atoms with Gasteiger partial charge in [-0.25, -0.2) is 4.98 Å². The van der Waals surface area contributed by atoms with Crippen LogP contribution in [0.5, 0.6) is 5.75 Å². The third-order valence-electron chi connectivity index (χ3n) is 12.6. The van der Waals surface area contributed by atoms with E-state index < -0.39 is 18.1 Å². The van der Waals surface area contributed by atoms with Gasteiger partial charge in [-0.2, -0.15) is 0 Å². The molecule has 62 heavy (non-hydrogen) atoms. The molecule has 3 aliphatic rings. The van der Waals surface area contributed by atoms with Crippen LogP contribution in [0.2, 0.25) is 0 Å². The number of β-amino-alcohol motifs (C(OH)–C–C–N with tert-alkyl or cyclic N) is 1. The van der Waals surface area contributed by atoms with Gasteiger partial charge in [0.2, 0.25) is 17.7 Å². The maximum atomic E-state index is 14.3. The van der Waals surface area contributed by atoms with E-state index in [2.05, 4.69) is 36.6 Å². The number of thiophene rings is 1. The predicted octanol–water partition coefficient (Wildman–Crippen LogP) is 6.91. The number of aryl methyl sites for hydroxylation is 1. The summed E-state index contributed by atoms with van der Waals surface area (Å²) in [5, 5.41) is 38.2. The first-order valence-corrected chi connectivity index (χ1v) is 23.0. The van der Waals surface area contributed by atoms with Crippen molar-refractivity contribution in [3.05, 3.63) is 94.1 Å². The summed E-state index contributed by atoms with van der Waals surface area (Å²) >= 11 is 3.19. The van der Waals surface area contributed by atoms with Crippen molar-refractivity contribution < 1.29 is 29.1 Å². The summed E-state index contributed by atoms with van der Waals surface area (Å²) in [5.74, 6) is 0.0609. The molecule has 16 heteroatoms. The van der Waals surface area contributed by atoms with Crippen LogP contribution in [0.4, 0.5) is 5.82 Å². The Labute approximate surface area is 367 Å². The minimum absolute atomic E-state index is 0.0538. The molecule has 4 aromatic heterocycles. The second-order valence-electron chi connectivity index (χ2n) is 17.2. The van der Waals surface area contributed by atoms with Gasteiger partial charge in [0.15, 0.2) is 11.6 Å². The number of fused-ring (bicyclic) bond motifs is 1. The Hall–Kier alpha value is -5.71. The summed E-state index contributed by atoms with van der Waals surface area (Å²) < 4.78 is 5.86. The number of benzene rings is 2. The number of phenolic OH excluding ortho intramolecular Hbond substituents is 1. The fourth-order valence-electron chi connectivity index (χ4n) is 9.04. The van der Waals surface area contributed by atoms with Gasteiger partial charge in [-0.3, -0.25) is 14.4 Å². The van der Waals surface area contributed by atoms with Crippen molar-refractivity contribution in [1.29, 1.82) is 0 Å². The first-order chi connectivity index (χ1) is 29.9. The average molecular weight is 875 g/mol. The maximum absolute atomic E-state index is 14.3. The van der Waals surface area contributed by atoms with Crippen LogP contribution in [0.25, 0.3) is 31.9 Å². The number of aliphatic hydroxyl groups excluding tert-OH is 1. The highest BCUT2D eigenvalue weighted by atomic mass is 32.1. The number of aliphatic hydroxyl groups is 1. The minimum atomic E-state index is -0.829.